The summed E-state index contributed by atoms with van der Waals surface area (Å²) >= 11 is 0. The zero-order valence-electron chi connectivity index (χ0n) is 15.1. The van der Waals surface area contributed by atoms with E-state index in [1.54, 1.807) is 0 Å². The van der Waals surface area contributed by atoms with Crippen molar-refractivity contribution < 1.29 is 14.3 Å². The molecule has 1 aliphatic heterocycles. The minimum atomic E-state index is -0.0806. The highest BCUT2D eigenvalue weighted by Gasteiger charge is 2.22. The summed E-state index contributed by atoms with van der Waals surface area (Å²) in [6.07, 6.45) is 7.06. The number of ether oxygens (including phenoxy) is 2. The van der Waals surface area contributed by atoms with Gasteiger partial charge < -0.3 is 20.1 Å². The van der Waals surface area contributed by atoms with Gasteiger partial charge in [-0.05, 0) is 55.9 Å². The van der Waals surface area contributed by atoms with Crippen molar-refractivity contribution in [3.8, 4) is 0 Å². The summed E-state index contributed by atoms with van der Waals surface area (Å²) < 4.78 is 11.2. The molecular formula is C20H30N2O3. The van der Waals surface area contributed by atoms with Crippen LogP contribution in [-0.2, 0) is 14.3 Å². The monoisotopic (exact) mass is 346 g/mol. The molecule has 0 radical (unpaired) electrons. The van der Waals surface area contributed by atoms with Crippen LogP contribution in [-0.4, -0.2) is 37.9 Å². The van der Waals surface area contributed by atoms with E-state index in [4.69, 9.17) is 9.47 Å². The Morgan fingerprint density at radius 1 is 1.08 bits per heavy atom. The molecule has 1 aromatic carbocycles. The van der Waals surface area contributed by atoms with E-state index < -0.39 is 0 Å². The molecule has 0 spiro atoms. The van der Waals surface area contributed by atoms with E-state index in [1.807, 2.05) is 24.3 Å². The van der Waals surface area contributed by atoms with Crippen molar-refractivity contribution in [3.63, 3.8) is 0 Å². The number of benzene rings is 1. The molecule has 2 N–H and O–H groups in total. The van der Waals surface area contributed by atoms with Gasteiger partial charge in [-0.25, -0.2) is 0 Å². The van der Waals surface area contributed by atoms with Crippen LogP contribution in [0.2, 0.25) is 0 Å². The molecule has 2 fully saturated rings. The first-order valence-corrected chi connectivity index (χ1v) is 9.56. The Hall–Kier alpha value is -1.59. The first kappa shape index (κ1) is 18.2. The van der Waals surface area contributed by atoms with Gasteiger partial charge >= 0.3 is 0 Å². The van der Waals surface area contributed by atoms with E-state index in [0.29, 0.717) is 12.0 Å². The summed E-state index contributed by atoms with van der Waals surface area (Å²) in [5.74, 6) is 0.472. The molecule has 1 heterocycles. The van der Waals surface area contributed by atoms with Gasteiger partial charge in [0.15, 0.2) is 0 Å². The van der Waals surface area contributed by atoms with Gasteiger partial charge in [0.1, 0.15) is 6.61 Å². The molecule has 1 saturated heterocycles. The lowest BCUT2D eigenvalue weighted by Crippen LogP contribution is -2.29. The van der Waals surface area contributed by atoms with Crippen LogP contribution >= 0.6 is 0 Å². The second kappa shape index (κ2) is 9.20. The van der Waals surface area contributed by atoms with Crippen LogP contribution in [0.1, 0.15) is 45.4 Å². The van der Waals surface area contributed by atoms with Crippen molar-refractivity contribution >= 4 is 17.3 Å². The largest absolute Gasteiger partial charge is 0.382 e. The summed E-state index contributed by atoms with van der Waals surface area (Å²) in [5.41, 5.74) is 1.89. The fourth-order valence-electron chi connectivity index (χ4n) is 3.64. The summed E-state index contributed by atoms with van der Waals surface area (Å²) in [5, 5.41) is 6.43. The molecule has 5 heteroatoms. The average Bonchev–Trinajstić information content (AvgIpc) is 2.64. The highest BCUT2D eigenvalue weighted by Crippen LogP contribution is 2.26. The number of anilines is 2. The van der Waals surface area contributed by atoms with Crippen LogP contribution in [0.15, 0.2) is 24.3 Å². The first-order chi connectivity index (χ1) is 12.2. The SMILES string of the molecule is C[C@H]1CCCC[C@H]1OCC(=O)Nc1ccc(NC2CCOCC2)cc1. The van der Waals surface area contributed by atoms with Crippen molar-refractivity contribution in [2.45, 2.75) is 57.6 Å². The minimum Gasteiger partial charge on any atom is -0.382 e. The van der Waals surface area contributed by atoms with E-state index in [0.717, 1.165) is 43.9 Å². The molecule has 138 valence electrons. The number of nitrogens with one attached hydrogen (secondary N) is 2. The van der Waals surface area contributed by atoms with E-state index >= 15 is 0 Å². The zero-order chi connectivity index (χ0) is 17.5. The smallest absolute Gasteiger partial charge is 0.250 e. The van der Waals surface area contributed by atoms with Gasteiger partial charge in [0.2, 0.25) is 5.91 Å². The van der Waals surface area contributed by atoms with Crippen LogP contribution in [0, 0.1) is 5.92 Å². The first-order valence-electron chi connectivity index (χ1n) is 9.56. The molecule has 1 aromatic rings. The summed E-state index contributed by atoms with van der Waals surface area (Å²) in [4.78, 5) is 12.1. The highest BCUT2D eigenvalue weighted by atomic mass is 16.5. The average molecular weight is 346 g/mol. The lowest BCUT2D eigenvalue weighted by molar-refractivity contribution is -0.124. The van der Waals surface area contributed by atoms with Crippen molar-refractivity contribution in [1.82, 2.24) is 0 Å². The molecule has 0 unspecified atom stereocenters. The molecule has 5 nitrogen and oxygen atoms in total. The normalized spacial score (nSPS) is 24.7. The number of carbonyl (C=O) groups excluding carboxylic acids is 1. The maximum atomic E-state index is 12.1. The van der Waals surface area contributed by atoms with E-state index in [9.17, 15) is 4.79 Å². The van der Waals surface area contributed by atoms with Gasteiger partial charge in [-0.15, -0.1) is 0 Å². The Bertz CT molecular complexity index is 540. The molecule has 25 heavy (non-hydrogen) atoms. The Labute approximate surface area is 150 Å². The van der Waals surface area contributed by atoms with Gasteiger partial charge in [0.05, 0.1) is 6.10 Å². The third kappa shape index (κ3) is 5.72. The Balaban J connectivity index is 1.41. The molecule has 0 bridgehead atoms. The summed E-state index contributed by atoms with van der Waals surface area (Å²) in [6, 6.07) is 8.36. The minimum absolute atomic E-state index is 0.0806. The molecule has 1 saturated carbocycles. The predicted molar refractivity (Wildman–Crippen MR) is 99.9 cm³/mol. The summed E-state index contributed by atoms with van der Waals surface area (Å²) in [7, 11) is 0. The van der Waals surface area contributed by atoms with Crippen molar-refractivity contribution in [2.75, 3.05) is 30.5 Å². The predicted octanol–water partition coefficient (Wildman–Crippen LogP) is 3.81. The Morgan fingerprint density at radius 3 is 2.48 bits per heavy atom. The maximum Gasteiger partial charge on any atom is 0.250 e. The molecule has 2 atom stereocenters. The molecule has 2 aliphatic rings. The van der Waals surface area contributed by atoms with Crippen molar-refractivity contribution in [3.05, 3.63) is 24.3 Å². The quantitative estimate of drug-likeness (QED) is 0.822. The number of hydrogen-bond donors (Lipinski definition) is 2. The van der Waals surface area contributed by atoms with Crippen LogP contribution in [0.3, 0.4) is 0 Å². The van der Waals surface area contributed by atoms with Gasteiger partial charge in [0.25, 0.3) is 0 Å². The molecule has 0 aromatic heterocycles. The summed E-state index contributed by atoms with van der Waals surface area (Å²) in [6.45, 7) is 4.00. The highest BCUT2D eigenvalue weighted by molar-refractivity contribution is 5.91. The van der Waals surface area contributed by atoms with Crippen molar-refractivity contribution in [1.29, 1.82) is 0 Å². The standard InChI is InChI=1S/C20H30N2O3/c1-15-4-2-3-5-19(15)25-14-20(23)22-17-8-6-16(7-9-17)21-18-10-12-24-13-11-18/h6-9,15,18-19,21H,2-5,10-14H2,1H3,(H,22,23)/t15-,19+/m0/s1. The van der Waals surface area contributed by atoms with Gasteiger partial charge in [-0.1, -0.05) is 19.8 Å². The molecule has 1 amide bonds. The lowest BCUT2D eigenvalue weighted by Gasteiger charge is -2.28. The third-order valence-electron chi connectivity index (χ3n) is 5.22. The topological polar surface area (TPSA) is 59.6 Å². The van der Waals surface area contributed by atoms with Gasteiger partial charge in [-0.3, -0.25) is 4.79 Å². The molecule has 3 rings (SSSR count). The molecule has 1 aliphatic carbocycles. The number of amides is 1. The zero-order valence-corrected chi connectivity index (χ0v) is 15.1. The van der Waals surface area contributed by atoms with Crippen LogP contribution in [0.25, 0.3) is 0 Å². The van der Waals surface area contributed by atoms with Crippen LogP contribution in [0.5, 0.6) is 0 Å². The lowest BCUT2D eigenvalue weighted by atomic mass is 9.88. The number of rotatable bonds is 6. The second-order valence-corrected chi connectivity index (χ2v) is 7.27. The molecular weight excluding hydrogens is 316 g/mol. The fraction of sp³-hybridized carbons (Fsp3) is 0.650. The third-order valence-corrected chi connectivity index (χ3v) is 5.22. The van der Waals surface area contributed by atoms with Gasteiger partial charge in [-0.2, -0.15) is 0 Å². The van der Waals surface area contributed by atoms with Gasteiger partial charge in [0, 0.05) is 30.6 Å². The maximum absolute atomic E-state index is 12.1. The van der Waals surface area contributed by atoms with Crippen LogP contribution in [0.4, 0.5) is 11.4 Å². The Morgan fingerprint density at radius 2 is 1.76 bits per heavy atom. The number of hydrogen-bond acceptors (Lipinski definition) is 4. The van der Waals surface area contributed by atoms with Crippen molar-refractivity contribution in [2.24, 2.45) is 5.92 Å². The van der Waals surface area contributed by atoms with E-state index in [1.165, 1.54) is 19.3 Å². The Kier molecular flexibility index (Phi) is 6.70. The second-order valence-electron chi connectivity index (χ2n) is 7.27. The fourth-order valence-corrected chi connectivity index (χ4v) is 3.64. The van der Waals surface area contributed by atoms with Crippen LogP contribution < -0.4 is 10.6 Å². The van der Waals surface area contributed by atoms with E-state index in [-0.39, 0.29) is 18.6 Å². The number of carbonyl (C=O) groups is 1. The van der Waals surface area contributed by atoms with E-state index in [2.05, 4.69) is 17.6 Å².